The van der Waals surface area contributed by atoms with Crippen LogP contribution in [0.15, 0.2) is 42.9 Å². The summed E-state index contributed by atoms with van der Waals surface area (Å²) in [5.41, 5.74) is 2.58. The molecule has 3 rings (SSSR count). The van der Waals surface area contributed by atoms with Crippen molar-refractivity contribution in [1.82, 2.24) is 9.97 Å². The Balaban J connectivity index is 2.13. The lowest BCUT2D eigenvalue weighted by molar-refractivity contribution is -0.116. The molecule has 0 saturated carbocycles. The molecule has 2 aromatic rings. The number of nitrogens with one attached hydrogen (secondary N) is 1. The zero-order chi connectivity index (χ0) is 11.0. The highest BCUT2D eigenvalue weighted by Crippen LogP contribution is 2.35. The van der Waals surface area contributed by atoms with Crippen molar-refractivity contribution in [2.24, 2.45) is 0 Å². The van der Waals surface area contributed by atoms with Crippen molar-refractivity contribution in [2.45, 2.75) is 5.92 Å². The van der Waals surface area contributed by atoms with Crippen molar-refractivity contribution in [2.75, 3.05) is 5.32 Å². The summed E-state index contributed by atoms with van der Waals surface area (Å²) in [5, 5.41) is 2.85. The van der Waals surface area contributed by atoms with Crippen LogP contribution in [0.2, 0.25) is 0 Å². The van der Waals surface area contributed by atoms with Gasteiger partial charge in [-0.1, -0.05) is 18.2 Å². The van der Waals surface area contributed by atoms with Gasteiger partial charge < -0.3 is 5.32 Å². The Morgan fingerprint density at radius 1 is 1.19 bits per heavy atom. The predicted octanol–water partition coefficient (Wildman–Crippen LogP) is 1.56. The monoisotopic (exact) mass is 211 g/mol. The van der Waals surface area contributed by atoms with Gasteiger partial charge in [-0.2, -0.15) is 0 Å². The molecule has 4 heteroatoms. The zero-order valence-electron chi connectivity index (χ0n) is 8.42. The number of carbonyl (C=O) groups is 1. The Kier molecular flexibility index (Phi) is 1.93. The minimum atomic E-state index is -0.306. The van der Waals surface area contributed by atoms with Gasteiger partial charge in [-0.3, -0.25) is 4.79 Å². The number of rotatable bonds is 1. The molecule has 1 amide bonds. The Hall–Kier alpha value is -2.23. The minimum absolute atomic E-state index is 0.0279. The normalized spacial score (nSPS) is 18.0. The van der Waals surface area contributed by atoms with Gasteiger partial charge in [0, 0.05) is 11.9 Å². The Morgan fingerprint density at radius 2 is 2.06 bits per heavy atom. The average Bonchev–Trinajstić information content (AvgIpc) is 2.66. The maximum absolute atomic E-state index is 11.9. The molecule has 1 N–H and O–H groups in total. The molecule has 1 aromatic carbocycles. The van der Waals surface area contributed by atoms with Gasteiger partial charge in [0.05, 0.1) is 5.69 Å². The Morgan fingerprint density at radius 3 is 2.88 bits per heavy atom. The molecule has 1 unspecified atom stereocenters. The van der Waals surface area contributed by atoms with Gasteiger partial charge >= 0.3 is 0 Å². The predicted molar refractivity (Wildman–Crippen MR) is 58.9 cm³/mol. The van der Waals surface area contributed by atoms with E-state index in [1.54, 1.807) is 12.3 Å². The van der Waals surface area contributed by atoms with E-state index in [-0.39, 0.29) is 11.8 Å². The number of carbonyl (C=O) groups excluding carboxylic acids is 1. The number of anilines is 1. The van der Waals surface area contributed by atoms with Crippen LogP contribution in [0.3, 0.4) is 0 Å². The van der Waals surface area contributed by atoms with Crippen LogP contribution < -0.4 is 5.32 Å². The number of amides is 1. The third-order valence-corrected chi connectivity index (χ3v) is 2.69. The molecule has 4 nitrogen and oxygen atoms in total. The van der Waals surface area contributed by atoms with E-state index in [1.165, 1.54) is 6.33 Å². The van der Waals surface area contributed by atoms with E-state index in [9.17, 15) is 4.79 Å². The molecule has 1 atom stereocenters. The highest BCUT2D eigenvalue weighted by atomic mass is 16.2. The van der Waals surface area contributed by atoms with Crippen LogP contribution >= 0.6 is 0 Å². The lowest BCUT2D eigenvalue weighted by atomic mass is 9.97. The second-order valence-corrected chi connectivity index (χ2v) is 3.64. The number of aromatic nitrogens is 2. The summed E-state index contributed by atoms with van der Waals surface area (Å²) in [6.45, 7) is 0. The molecule has 16 heavy (non-hydrogen) atoms. The molecule has 0 bridgehead atoms. The fourth-order valence-electron chi connectivity index (χ4n) is 1.97. The van der Waals surface area contributed by atoms with E-state index in [0.29, 0.717) is 0 Å². The van der Waals surface area contributed by atoms with Crippen LogP contribution in [0.1, 0.15) is 17.2 Å². The maximum atomic E-state index is 11.9. The maximum Gasteiger partial charge on any atom is 0.238 e. The van der Waals surface area contributed by atoms with Gasteiger partial charge in [-0.15, -0.1) is 0 Å². The first-order chi connectivity index (χ1) is 7.86. The van der Waals surface area contributed by atoms with Crippen LogP contribution in [-0.4, -0.2) is 15.9 Å². The summed E-state index contributed by atoms with van der Waals surface area (Å²) >= 11 is 0. The first-order valence-electron chi connectivity index (χ1n) is 5.02. The molecule has 0 fully saturated rings. The third kappa shape index (κ3) is 1.27. The van der Waals surface area contributed by atoms with Crippen LogP contribution in [0.4, 0.5) is 5.69 Å². The van der Waals surface area contributed by atoms with Crippen molar-refractivity contribution < 1.29 is 4.79 Å². The van der Waals surface area contributed by atoms with Crippen molar-refractivity contribution in [3.05, 3.63) is 54.1 Å². The highest BCUT2D eigenvalue weighted by Gasteiger charge is 2.32. The fraction of sp³-hybridized carbons (Fsp3) is 0.0833. The van der Waals surface area contributed by atoms with Crippen LogP contribution in [0.5, 0.6) is 0 Å². The summed E-state index contributed by atoms with van der Waals surface area (Å²) in [5.74, 6) is -0.334. The SMILES string of the molecule is O=C1Nc2ccccc2C1c1ccncn1. The number of hydrogen-bond donors (Lipinski definition) is 1. The molecule has 78 valence electrons. The Bertz CT molecular complexity index is 539. The van der Waals surface area contributed by atoms with E-state index < -0.39 is 0 Å². The average molecular weight is 211 g/mol. The first kappa shape index (κ1) is 9.03. The van der Waals surface area contributed by atoms with E-state index in [0.717, 1.165) is 16.9 Å². The molecule has 0 radical (unpaired) electrons. The smallest absolute Gasteiger partial charge is 0.238 e. The van der Waals surface area contributed by atoms with E-state index in [1.807, 2.05) is 24.3 Å². The topological polar surface area (TPSA) is 54.9 Å². The summed E-state index contributed by atoms with van der Waals surface area (Å²) in [6, 6.07) is 9.44. The van der Waals surface area contributed by atoms with Crippen molar-refractivity contribution in [3.63, 3.8) is 0 Å². The standard InChI is InChI=1S/C12H9N3O/c16-12-11(10-5-6-13-7-14-10)8-3-1-2-4-9(8)15-12/h1-7,11H,(H,15,16). The number of benzene rings is 1. The number of hydrogen-bond acceptors (Lipinski definition) is 3. The molecule has 1 aromatic heterocycles. The molecular formula is C12H9N3O. The van der Waals surface area contributed by atoms with Gasteiger partial charge in [-0.05, 0) is 17.7 Å². The number of fused-ring (bicyclic) bond motifs is 1. The van der Waals surface area contributed by atoms with E-state index in [4.69, 9.17) is 0 Å². The first-order valence-corrected chi connectivity index (χ1v) is 5.02. The highest BCUT2D eigenvalue weighted by molar-refractivity contribution is 6.04. The molecule has 2 heterocycles. The third-order valence-electron chi connectivity index (χ3n) is 2.69. The van der Waals surface area contributed by atoms with Gasteiger partial charge in [0.25, 0.3) is 0 Å². The van der Waals surface area contributed by atoms with Crippen molar-refractivity contribution in [3.8, 4) is 0 Å². The van der Waals surface area contributed by atoms with Gasteiger partial charge in [-0.25, -0.2) is 9.97 Å². The molecule has 1 aliphatic rings. The number of para-hydroxylation sites is 1. The molecule has 0 aliphatic carbocycles. The lowest BCUT2D eigenvalue weighted by Crippen LogP contribution is -2.14. The molecule has 1 aliphatic heterocycles. The Labute approximate surface area is 92.4 Å². The van der Waals surface area contributed by atoms with Crippen molar-refractivity contribution in [1.29, 1.82) is 0 Å². The summed E-state index contributed by atoms with van der Waals surface area (Å²) in [4.78, 5) is 19.9. The van der Waals surface area contributed by atoms with E-state index >= 15 is 0 Å². The fourth-order valence-corrected chi connectivity index (χ4v) is 1.97. The van der Waals surface area contributed by atoms with Gasteiger partial charge in [0.2, 0.25) is 5.91 Å². The molecule has 0 saturated heterocycles. The molecule has 0 spiro atoms. The number of nitrogens with zero attached hydrogens (tertiary/aromatic N) is 2. The quantitative estimate of drug-likeness (QED) is 0.778. The van der Waals surface area contributed by atoms with Gasteiger partial charge in [0.15, 0.2) is 0 Å². The van der Waals surface area contributed by atoms with Crippen LogP contribution in [-0.2, 0) is 4.79 Å². The largest absolute Gasteiger partial charge is 0.325 e. The minimum Gasteiger partial charge on any atom is -0.325 e. The zero-order valence-corrected chi connectivity index (χ0v) is 8.42. The molecular weight excluding hydrogens is 202 g/mol. The van der Waals surface area contributed by atoms with Crippen LogP contribution in [0.25, 0.3) is 0 Å². The summed E-state index contributed by atoms with van der Waals surface area (Å²) in [7, 11) is 0. The second-order valence-electron chi connectivity index (χ2n) is 3.64. The second kappa shape index (κ2) is 3.41. The van der Waals surface area contributed by atoms with Gasteiger partial charge in [0.1, 0.15) is 12.2 Å². The van der Waals surface area contributed by atoms with Crippen LogP contribution in [0, 0.1) is 0 Å². The lowest BCUT2D eigenvalue weighted by Gasteiger charge is -2.06. The van der Waals surface area contributed by atoms with E-state index in [2.05, 4.69) is 15.3 Å². The summed E-state index contributed by atoms with van der Waals surface area (Å²) < 4.78 is 0. The summed E-state index contributed by atoms with van der Waals surface area (Å²) in [6.07, 6.45) is 3.11. The van der Waals surface area contributed by atoms with Crippen molar-refractivity contribution >= 4 is 11.6 Å².